The van der Waals surface area contributed by atoms with Gasteiger partial charge in [0.1, 0.15) is 17.5 Å². The number of hydrogen-bond acceptors (Lipinski definition) is 5. The molecule has 0 heterocycles. The van der Waals surface area contributed by atoms with E-state index in [9.17, 15) is 9.59 Å². The molecule has 1 aromatic carbocycles. The summed E-state index contributed by atoms with van der Waals surface area (Å²) in [6.45, 7) is 0. The average molecular weight is 225 g/mol. The minimum atomic E-state index is -1.20. The highest BCUT2D eigenvalue weighted by Gasteiger charge is 2.19. The van der Waals surface area contributed by atoms with Gasteiger partial charge in [-0.25, -0.2) is 4.79 Å². The van der Waals surface area contributed by atoms with Crippen molar-refractivity contribution in [1.82, 2.24) is 0 Å². The van der Waals surface area contributed by atoms with Crippen LogP contribution in [0.25, 0.3) is 0 Å². The Morgan fingerprint density at radius 2 is 1.88 bits per heavy atom. The van der Waals surface area contributed by atoms with Gasteiger partial charge in [-0.3, -0.25) is 4.79 Å². The summed E-state index contributed by atoms with van der Waals surface area (Å²) in [6.07, 6.45) is -0.489. The van der Waals surface area contributed by atoms with Crippen LogP contribution in [0.1, 0.15) is 6.42 Å². The minimum absolute atomic E-state index is 0.0367. The van der Waals surface area contributed by atoms with Gasteiger partial charge < -0.3 is 20.7 Å². The van der Waals surface area contributed by atoms with E-state index in [0.29, 0.717) is 0 Å². The molecule has 0 unspecified atom stereocenters. The zero-order chi connectivity index (χ0) is 12.1. The standard InChI is InChI=1S/C10H11NO5/c11-8(5-9(13)14)10(15)16-7-3-1-6(12)2-4-7/h1-4,8,12H,5,11H2,(H,13,14)/t8-/m0/s1. The van der Waals surface area contributed by atoms with E-state index in [0.717, 1.165) is 0 Å². The van der Waals surface area contributed by atoms with Gasteiger partial charge in [0.15, 0.2) is 0 Å². The van der Waals surface area contributed by atoms with Gasteiger partial charge in [0.25, 0.3) is 0 Å². The molecule has 0 aliphatic carbocycles. The van der Waals surface area contributed by atoms with Crippen molar-refractivity contribution in [3.8, 4) is 11.5 Å². The summed E-state index contributed by atoms with van der Waals surface area (Å²) in [5.74, 6) is -1.76. The highest BCUT2D eigenvalue weighted by atomic mass is 16.5. The van der Waals surface area contributed by atoms with Crippen molar-refractivity contribution in [3.63, 3.8) is 0 Å². The van der Waals surface area contributed by atoms with Crippen LogP contribution in [0, 0.1) is 0 Å². The number of nitrogens with two attached hydrogens (primary N) is 1. The van der Waals surface area contributed by atoms with Crippen molar-refractivity contribution in [2.24, 2.45) is 5.73 Å². The third-order valence-corrected chi connectivity index (χ3v) is 1.75. The van der Waals surface area contributed by atoms with E-state index < -0.39 is 24.4 Å². The highest BCUT2D eigenvalue weighted by molar-refractivity contribution is 5.83. The number of carbonyl (C=O) groups excluding carboxylic acids is 1. The Morgan fingerprint density at radius 3 is 2.38 bits per heavy atom. The average Bonchev–Trinajstić information content (AvgIpc) is 2.20. The smallest absolute Gasteiger partial charge is 0.328 e. The Morgan fingerprint density at radius 1 is 1.31 bits per heavy atom. The number of hydrogen-bond donors (Lipinski definition) is 3. The molecule has 0 fully saturated rings. The molecule has 1 aromatic rings. The van der Waals surface area contributed by atoms with E-state index >= 15 is 0 Å². The predicted molar refractivity (Wildman–Crippen MR) is 54.0 cm³/mol. The van der Waals surface area contributed by atoms with Crippen LogP contribution in [-0.2, 0) is 9.59 Å². The molecule has 1 rings (SSSR count). The Labute approximate surface area is 91.3 Å². The SMILES string of the molecule is N[C@@H](CC(=O)O)C(=O)Oc1ccc(O)cc1. The first-order chi connectivity index (χ1) is 7.49. The lowest BCUT2D eigenvalue weighted by molar-refractivity contribution is -0.143. The molecule has 0 radical (unpaired) electrons. The number of ether oxygens (including phenoxy) is 1. The number of carboxylic acid groups (broad SMARTS) is 1. The Bertz CT molecular complexity index is 387. The molecular weight excluding hydrogens is 214 g/mol. The Kier molecular flexibility index (Phi) is 3.84. The summed E-state index contributed by atoms with van der Waals surface area (Å²) >= 11 is 0. The molecule has 4 N–H and O–H groups in total. The number of phenols is 1. The summed E-state index contributed by atoms with van der Waals surface area (Å²) in [5, 5.41) is 17.4. The van der Waals surface area contributed by atoms with Crippen LogP contribution >= 0.6 is 0 Å². The molecule has 0 amide bonds. The van der Waals surface area contributed by atoms with Crippen LogP contribution in [0.5, 0.6) is 11.5 Å². The van der Waals surface area contributed by atoms with E-state index in [4.69, 9.17) is 20.7 Å². The zero-order valence-electron chi connectivity index (χ0n) is 8.29. The van der Waals surface area contributed by atoms with Crippen molar-refractivity contribution in [3.05, 3.63) is 24.3 Å². The number of rotatable bonds is 4. The minimum Gasteiger partial charge on any atom is -0.508 e. The van der Waals surface area contributed by atoms with Crippen LogP contribution < -0.4 is 10.5 Å². The lowest BCUT2D eigenvalue weighted by Crippen LogP contribution is -2.36. The van der Waals surface area contributed by atoms with Gasteiger partial charge in [0, 0.05) is 0 Å². The molecule has 0 spiro atoms. The monoisotopic (exact) mass is 225 g/mol. The van der Waals surface area contributed by atoms with Crippen LogP contribution in [0.4, 0.5) is 0 Å². The number of carbonyl (C=O) groups is 2. The fraction of sp³-hybridized carbons (Fsp3) is 0.200. The van der Waals surface area contributed by atoms with Crippen LogP contribution in [0.2, 0.25) is 0 Å². The Balaban J connectivity index is 2.57. The number of aliphatic carboxylic acids is 1. The zero-order valence-corrected chi connectivity index (χ0v) is 8.29. The van der Waals surface area contributed by atoms with Gasteiger partial charge in [-0.2, -0.15) is 0 Å². The van der Waals surface area contributed by atoms with Crippen molar-refractivity contribution >= 4 is 11.9 Å². The van der Waals surface area contributed by atoms with Crippen molar-refractivity contribution < 1.29 is 24.5 Å². The van der Waals surface area contributed by atoms with Gasteiger partial charge in [-0.05, 0) is 24.3 Å². The maximum Gasteiger partial charge on any atom is 0.328 e. The normalized spacial score (nSPS) is 11.8. The van der Waals surface area contributed by atoms with Gasteiger partial charge in [0.05, 0.1) is 6.42 Å². The molecule has 0 aromatic heterocycles. The molecule has 6 heteroatoms. The first-order valence-corrected chi connectivity index (χ1v) is 4.47. The number of benzene rings is 1. The van der Waals surface area contributed by atoms with Gasteiger partial charge >= 0.3 is 11.9 Å². The highest BCUT2D eigenvalue weighted by Crippen LogP contribution is 2.16. The molecule has 0 aliphatic heterocycles. The van der Waals surface area contributed by atoms with E-state index in [1.165, 1.54) is 24.3 Å². The number of carboxylic acids is 1. The summed E-state index contributed by atoms with van der Waals surface area (Å²) in [7, 11) is 0. The quantitative estimate of drug-likeness (QED) is 0.495. The van der Waals surface area contributed by atoms with Gasteiger partial charge in [-0.1, -0.05) is 0 Å². The molecule has 0 bridgehead atoms. The molecule has 1 atom stereocenters. The van der Waals surface area contributed by atoms with Gasteiger partial charge in [0.2, 0.25) is 0 Å². The summed E-state index contributed by atoms with van der Waals surface area (Å²) in [4.78, 5) is 21.6. The van der Waals surface area contributed by atoms with E-state index in [-0.39, 0.29) is 11.5 Å². The summed E-state index contributed by atoms with van der Waals surface area (Å²) < 4.78 is 4.79. The van der Waals surface area contributed by atoms with Crippen LogP contribution in [0.15, 0.2) is 24.3 Å². The van der Waals surface area contributed by atoms with Crippen molar-refractivity contribution in [1.29, 1.82) is 0 Å². The topological polar surface area (TPSA) is 110 Å². The lowest BCUT2D eigenvalue weighted by Gasteiger charge is -2.08. The van der Waals surface area contributed by atoms with Gasteiger partial charge in [-0.15, -0.1) is 0 Å². The van der Waals surface area contributed by atoms with Crippen LogP contribution in [0.3, 0.4) is 0 Å². The fourth-order valence-corrected chi connectivity index (χ4v) is 0.977. The van der Waals surface area contributed by atoms with E-state index in [1.807, 2.05) is 0 Å². The summed E-state index contributed by atoms with van der Waals surface area (Å²) in [5.41, 5.74) is 5.29. The number of aromatic hydroxyl groups is 1. The molecular formula is C10H11NO5. The third-order valence-electron chi connectivity index (χ3n) is 1.75. The first-order valence-electron chi connectivity index (χ1n) is 4.47. The molecule has 16 heavy (non-hydrogen) atoms. The molecule has 6 nitrogen and oxygen atoms in total. The number of esters is 1. The molecule has 86 valence electrons. The summed E-state index contributed by atoms with van der Waals surface area (Å²) in [6, 6.07) is 4.23. The third kappa shape index (κ3) is 3.58. The second-order valence-corrected chi connectivity index (χ2v) is 3.12. The fourth-order valence-electron chi connectivity index (χ4n) is 0.977. The number of phenolic OH excluding ortho intramolecular Hbond substituents is 1. The first kappa shape index (κ1) is 12.0. The second-order valence-electron chi connectivity index (χ2n) is 3.12. The maximum absolute atomic E-state index is 11.3. The van der Waals surface area contributed by atoms with Crippen molar-refractivity contribution in [2.75, 3.05) is 0 Å². The van der Waals surface area contributed by atoms with Crippen LogP contribution in [-0.4, -0.2) is 28.2 Å². The molecule has 0 saturated heterocycles. The lowest BCUT2D eigenvalue weighted by atomic mass is 10.2. The Hall–Kier alpha value is -2.08. The predicted octanol–water partition coefficient (Wildman–Crippen LogP) is 0.0996. The second kappa shape index (κ2) is 5.13. The largest absolute Gasteiger partial charge is 0.508 e. The molecule has 0 aliphatic rings. The van der Waals surface area contributed by atoms with E-state index in [1.54, 1.807) is 0 Å². The van der Waals surface area contributed by atoms with Crippen molar-refractivity contribution in [2.45, 2.75) is 12.5 Å². The van der Waals surface area contributed by atoms with E-state index in [2.05, 4.69) is 0 Å². The molecule has 0 saturated carbocycles. The maximum atomic E-state index is 11.3.